The Labute approximate surface area is 210 Å². The van der Waals surface area contributed by atoms with Gasteiger partial charge in [0.15, 0.2) is 0 Å². The van der Waals surface area contributed by atoms with E-state index in [1.54, 1.807) is 0 Å². The molecule has 4 rings (SSSR count). The number of benzene rings is 3. The molecular formula is C26H27ClFN3O3S. The standard InChI is InChI=1S/C26H27ClFN3O3S/c1-16(2)17-7-9-18(10-8-17)19-5-4-6-20(13-19)24-15-25(31(3)35(33,34)30-24)26(32)29-21-11-12-23(28)22(27)14-21/h4-14,16,24-25,30H,15H2,1-3H3,(H,29,32). The van der Waals surface area contributed by atoms with E-state index in [0.29, 0.717) is 5.92 Å². The molecule has 9 heteroatoms. The zero-order valence-electron chi connectivity index (χ0n) is 19.6. The maximum absolute atomic E-state index is 13.5. The van der Waals surface area contributed by atoms with Crippen LogP contribution in [0, 0.1) is 5.82 Å². The number of carbonyl (C=O) groups is 1. The minimum absolute atomic E-state index is 0.134. The monoisotopic (exact) mass is 515 g/mol. The summed E-state index contributed by atoms with van der Waals surface area (Å²) in [6.45, 7) is 4.28. The molecule has 1 aliphatic heterocycles. The van der Waals surface area contributed by atoms with Gasteiger partial charge in [-0.05, 0) is 58.9 Å². The van der Waals surface area contributed by atoms with Gasteiger partial charge in [0.25, 0.3) is 10.2 Å². The number of hydrogen-bond acceptors (Lipinski definition) is 3. The van der Waals surface area contributed by atoms with Crippen LogP contribution in [0.2, 0.25) is 5.02 Å². The van der Waals surface area contributed by atoms with Crippen molar-refractivity contribution in [2.24, 2.45) is 0 Å². The van der Waals surface area contributed by atoms with Crippen molar-refractivity contribution in [1.29, 1.82) is 0 Å². The van der Waals surface area contributed by atoms with Gasteiger partial charge in [-0.25, -0.2) is 4.39 Å². The zero-order chi connectivity index (χ0) is 25.3. The first-order valence-corrected chi connectivity index (χ1v) is 13.1. The molecule has 35 heavy (non-hydrogen) atoms. The molecule has 184 valence electrons. The number of likely N-dealkylation sites (N-methyl/N-ethyl adjacent to an activating group) is 1. The van der Waals surface area contributed by atoms with Crippen molar-refractivity contribution in [2.45, 2.75) is 38.3 Å². The predicted molar refractivity (Wildman–Crippen MR) is 137 cm³/mol. The predicted octanol–water partition coefficient (Wildman–Crippen LogP) is 5.49. The van der Waals surface area contributed by atoms with E-state index in [4.69, 9.17) is 11.6 Å². The molecule has 0 aromatic heterocycles. The number of amides is 1. The molecule has 3 aromatic rings. The zero-order valence-corrected chi connectivity index (χ0v) is 21.2. The van der Waals surface area contributed by atoms with Gasteiger partial charge in [0.2, 0.25) is 5.91 Å². The van der Waals surface area contributed by atoms with E-state index in [0.717, 1.165) is 27.1 Å². The Balaban J connectivity index is 1.59. The second-order valence-corrected chi connectivity index (χ2v) is 11.1. The molecule has 1 heterocycles. The fraction of sp³-hybridized carbons (Fsp3) is 0.269. The van der Waals surface area contributed by atoms with Crippen LogP contribution in [-0.2, 0) is 15.0 Å². The van der Waals surface area contributed by atoms with Gasteiger partial charge < -0.3 is 5.32 Å². The molecule has 0 radical (unpaired) electrons. The molecule has 1 saturated heterocycles. The molecule has 2 atom stereocenters. The van der Waals surface area contributed by atoms with Crippen molar-refractivity contribution >= 4 is 33.4 Å². The molecule has 0 bridgehead atoms. The van der Waals surface area contributed by atoms with E-state index >= 15 is 0 Å². The Kier molecular flexibility index (Phi) is 7.28. The number of anilines is 1. The molecule has 6 nitrogen and oxygen atoms in total. The lowest BCUT2D eigenvalue weighted by molar-refractivity contribution is -0.120. The fourth-order valence-corrected chi connectivity index (χ4v) is 5.58. The Morgan fingerprint density at radius 3 is 2.46 bits per heavy atom. The van der Waals surface area contributed by atoms with Gasteiger partial charge in [-0.2, -0.15) is 17.4 Å². The van der Waals surface area contributed by atoms with E-state index < -0.39 is 34.0 Å². The number of rotatable bonds is 5. The van der Waals surface area contributed by atoms with Crippen LogP contribution in [0.5, 0.6) is 0 Å². The van der Waals surface area contributed by atoms with Crippen molar-refractivity contribution in [3.8, 4) is 11.1 Å². The number of halogens is 2. The van der Waals surface area contributed by atoms with Crippen molar-refractivity contribution in [3.63, 3.8) is 0 Å². The quantitative estimate of drug-likeness (QED) is 0.471. The van der Waals surface area contributed by atoms with Gasteiger partial charge in [-0.1, -0.05) is 67.9 Å². The van der Waals surface area contributed by atoms with Gasteiger partial charge in [-0.3, -0.25) is 4.79 Å². The third-order valence-corrected chi connectivity index (χ3v) is 8.14. The average molecular weight is 516 g/mol. The fourth-order valence-electron chi connectivity index (χ4n) is 4.12. The first-order valence-electron chi connectivity index (χ1n) is 11.3. The third-order valence-electron chi connectivity index (χ3n) is 6.26. The highest BCUT2D eigenvalue weighted by molar-refractivity contribution is 7.87. The van der Waals surface area contributed by atoms with Crippen LogP contribution < -0.4 is 10.0 Å². The van der Waals surface area contributed by atoms with Crippen LogP contribution in [0.15, 0.2) is 66.7 Å². The largest absolute Gasteiger partial charge is 0.325 e. The molecule has 0 saturated carbocycles. The van der Waals surface area contributed by atoms with Crippen molar-refractivity contribution < 1.29 is 17.6 Å². The first kappa shape index (κ1) is 25.3. The summed E-state index contributed by atoms with van der Waals surface area (Å²) in [5.41, 5.74) is 4.26. The number of carbonyl (C=O) groups excluding carboxylic acids is 1. The minimum atomic E-state index is -3.92. The van der Waals surface area contributed by atoms with Crippen LogP contribution in [0.1, 0.15) is 43.4 Å². The second kappa shape index (κ2) is 10.1. The van der Waals surface area contributed by atoms with Gasteiger partial charge in [0, 0.05) is 18.8 Å². The van der Waals surface area contributed by atoms with Crippen LogP contribution in [0.3, 0.4) is 0 Å². The second-order valence-electron chi connectivity index (χ2n) is 8.96. The third kappa shape index (κ3) is 5.56. The Hall–Kier alpha value is -2.78. The highest BCUT2D eigenvalue weighted by Crippen LogP contribution is 2.32. The number of nitrogens with one attached hydrogen (secondary N) is 2. The summed E-state index contributed by atoms with van der Waals surface area (Å²) in [5.74, 6) is -0.700. The van der Waals surface area contributed by atoms with Crippen molar-refractivity contribution in [3.05, 3.63) is 88.7 Å². The summed E-state index contributed by atoms with van der Waals surface area (Å²) in [6.07, 6.45) is 0.215. The molecule has 0 aliphatic carbocycles. The topological polar surface area (TPSA) is 78.5 Å². The summed E-state index contributed by atoms with van der Waals surface area (Å²) in [7, 11) is -2.56. The lowest BCUT2D eigenvalue weighted by atomic mass is 9.94. The van der Waals surface area contributed by atoms with Crippen LogP contribution in [0.25, 0.3) is 11.1 Å². The number of nitrogens with zero attached hydrogens (tertiary/aromatic N) is 1. The van der Waals surface area contributed by atoms with E-state index in [2.05, 4.69) is 48.2 Å². The van der Waals surface area contributed by atoms with Gasteiger partial charge in [-0.15, -0.1) is 0 Å². The lowest BCUT2D eigenvalue weighted by Crippen LogP contribution is -2.55. The first-order chi connectivity index (χ1) is 16.5. The SMILES string of the molecule is CC(C)c1ccc(-c2cccc(C3CC(C(=O)Nc4ccc(F)c(Cl)c4)N(C)S(=O)(=O)N3)c2)cc1. The summed E-state index contributed by atoms with van der Waals surface area (Å²) in [5, 5.41) is 2.51. The van der Waals surface area contributed by atoms with E-state index in [9.17, 15) is 17.6 Å². The average Bonchev–Trinajstić information content (AvgIpc) is 2.83. The lowest BCUT2D eigenvalue weighted by Gasteiger charge is -2.36. The van der Waals surface area contributed by atoms with Crippen LogP contribution >= 0.6 is 11.6 Å². The van der Waals surface area contributed by atoms with Crippen molar-refractivity contribution in [2.75, 3.05) is 12.4 Å². The maximum atomic E-state index is 13.5. The minimum Gasteiger partial charge on any atom is -0.325 e. The normalized spacial score (nSPS) is 20.1. The van der Waals surface area contributed by atoms with Crippen molar-refractivity contribution in [1.82, 2.24) is 9.03 Å². The van der Waals surface area contributed by atoms with E-state index in [1.807, 2.05) is 24.3 Å². The summed E-state index contributed by atoms with van der Waals surface area (Å²) >= 11 is 5.81. The maximum Gasteiger partial charge on any atom is 0.280 e. The van der Waals surface area contributed by atoms with Crippen LogP contribution in [-0.4, -0.2) is 31.7 Å². The van der Waals surface area contributed by atoms with E-state index in [1.165, 1.54) is 24.7 Å². The van der Waals surface area contributed by atoms with Gasteiger partial charge in [0.1, 0.15) is 11.9 Å². The molecule has 2 N–H and O–H groups in total. The van der Waals surface area contributed by atoms with Crippen LogP contribution in [0.4, 0.5) is 10.1 Å². The summed E-state index contributed by atoms with van der Waals surface area (Å²) in [6, 6.07) is 18.2. The highest BCUT2D eigenvalue weighted by atomic mass is 35.5. The number of hydrogen-bond donors (Lipinski definition) is 2. The molecule has 1 amide bonds. The van der Waals surface area contributed by atoms with Gasteiger partial charge >= 0.3 is 0 Å². The van der Waals surface area contributed by atoms with E-state index in [-0.39, 0.29) is 17.1 Å². The Morgan fingerprint density at radius 2 is 1.80 bits per heavy atom. The Morgan fingerprint density at radius 1 is 1.09 bits per heavy atom. The molecule has 0 spiro atoms. The molecule has 3 aromatic carbocycles. The summed E-state index contributed by atoms with van der Waals surface area (Å²) in [4.78, 5) is 13.0. The molecule has 1 aliphatic rings. The summed E-state index contributed by atoms with van der Waals surface area (Å²) < 4.78 is 42.9. The molecular weight excluding hydrogens is 489 g/mol. The van der Waals surface area contributed by atoms with Gasteiger partial charge in [0.05, 0.1) is 5.02 Å². The highest BCUT2D eigenvalue weighted by Gasteiger charge is 2.40. The smallest absolute Gasteiger partial charge is 0.280 e. The molecule has 2 unspecified atom stereocenters. The molecule has 1 fully saturated rings. The Bertz CT molecular complexity index is 1350.